The van der Waals surface area contributed by atoms with Crippen LogP contribution in [0.5, 0.6) is 0 Å². The predicted molar refractivity (Wildman–Crippen MR) is 126 cm³/mol. The summed E-state index contributed by atoms with van der Waals surface area (Å²) < 4.78 is 13.1. The summed E-state index contributed by atoms with van der Waals surface area (Å²) in [6.07, 6.45) is 7.42. The van der Waals surface area contributed by atoms with Gasteiger partial charge < -0.3 is 4.57 Å². The van der Waals surface area contributed by atoms with Crippen LogP contribution in [0.4, 0.5) is 0 Å². The van der Waals surface area contributed by atoms with Crippen molar-refractivity contribution in [2.45, 2.75) is 18.5 Å². The number of hydrogen-bond donors (Lipinski definition) is 0. The molecule has 0 N–H and O–H groups in total. The lowest BCUT2D eigenvalue weighted by atomic mass is 9.88. The minimum atomic E-state index is -2.31. The normalized spacial score (nSPS) is 19.8. The van der Waals surface area contributed by atoms with Crippen LogP contribution in [-0.2, 0) is 4.57 Å². The van der Waals surface area contributed by atoms with Gasteiger partial charge in [-0.3, -0.25) is 0 Å². The Labute approximate surface area is 171 Å². The van der Waals surface area contributed by atoms with Crippen molar-refractivity contribution in [3.8, 4) is 0 Å². The van der Waals surface area contributed by atoms with Gasteiger partial charge in [-0.2, -0.15) is 0 Å². The minimum absolute atomic E-state index is 0.329. The first-order valence-electron chi connectivity index (χ1n) is 10.0. The van der Waals surface area contributed by atoms with Gasteiger partial charge in [0.15, 0.2) is 0 Å². The summed E-state index contributed by atoms with van der Waals surface area (Å²) in [7, 11) is -2.31. The topological polar surface area (TPSA) is 30.0 Å². The van der Waals surface area contributed by atoms with E-state index in [4.69, 9.17) is 4.98 Å². The highest BCUT2D eigenvalue weighted by molar-refractivity contribution is 7.64. The van der Waals surface area contributed by atoms with Crippen molar-refractivity contribution < 1.29 is 4.57 Å². The lowest BCUT2D eigenvalue weighted by Crippen LogP contribution is -2.22. The second-order valence-electron chi connectivity index (χ2n) is 8.60. The van der Waals surface area contributed by atoms with Crippen molar-refractivity contribution in [1.82, 2.24) is 4.98 Å². The van der Waals surface area contributed by atoms with Crippen molar-refractivity contribution in [3.05, 3.63) is 84.5 Å². The maximum atomic E-state index is 13.1. The minimum Gasteiger partial charge on any atom is -0.323 e. The first-order chi connectivity index (χ1) is 13.9. The standard InChI is InChI=1S/C26H24NOP/c1-26(29(2,3)28)16-8-10-19(17-26)24-21-12-6-7-13-23(21)27-25-20-11-5-4-9-18(20)14-15-22(24)25/h4-15,17H,16H2,1-3H3. The van der Waals surface area contributed by atoms with Gasteiger partial charge in [-0.1, -0.05) is 72.8 Å². The van der Waals surface area contributed by atoms with Gasteiger partial charge in [-0.15, -0.1) is 0 Å². The highest BCUT2D eigenvalue weighted by Gasteiger charge is 2.36. The first kappa shape index (κ1) is 18.3. The average molecular weight is 397 g/mol. The van der Waals surface area contributed by atoms with Crippen LogP contribution in [0, 0.1) is 0 Å². The Morgan fingerprint density at radius 2 is 1.62 bits per heavy atom. The SMILES string of the molecule is CC1(P(C)(C)=O)C=C(c2c3ccccc3nc3c2ccc2ccccc23)C=CC1. The van der Waals surface area contributed by atoms with Crippen LogP contribution < -0.4 is 0 Å². The van der Waals surface area contributed by atoms with Crippen molar-refractivity contribution >= 4 is 45.3 Å². The lowest BCUT2D eigenvalue weighted by molar-refractivity contribution is 0.560. The van der Waals surface area contributed by atoms with E-state index in [0.717, 1.165) is 39.2 Å². The van der Waals surface area contributed by atoms with E-state index in [1.165, 1.54) is 10.9 Å². The number of nitrogens with zero attached hydrogens (tertiary/aromatic N) is 1. The highest BCUT2D eigenvalue weighted by atomic mass is 31.2. The first-order valence-corrected chi connectivity index (χ1v) is 12.6. The monoisotopic (exact) mass is 397 g/mol. The molecule has 0 saturated carbocycles. The molecule has 1 atom stereocenters. The van der Waals surface area contributed by atoms with Gasteiger partial charge in [0.25, 0.3) is 0 Å². The molecule has 1 aliphatic rings. The van der Waals surface area contributed by atoms with Crippen LogP contribution in [0.1, 0.15) is 18.9 Å². The zero-order valence-electron chi connectivity index (χ0n) is 17.0. The maximum Gasteiger partial charge on any atom is 0.0913 e. The van der Waals surface area contributed by atoms with Crippen molar-refractivity contribution in [3.63, 3.8) is 0 Å². The molecule has 144 valence electrons. The quantitative estimate of drug-likeness (QED) is 0.202. The van der Waals surface area contributed by atoms with Gasteiger partial charge in [0.2, 0.25) is 0 Å². The predicted octanol–water partition coefficient (Wildman–Crippen LogP) is 7.27. The second kappa shape index (κ2) is 6.40. The fourth-order valence-corrected chi connectivity index (χ4v) is 5.33. The highest BCUT2D eigenvalue weighted by Crippen LogP contribution is 2.56. The molecule has 5 rings (SSSR count). The van der Waals surface area contributed by atoms with Crippen molar-refractivity contribution in [2.75, 3.05) is 13.3 Å². The van der Waals surface area contributed by atoms with Gasteiger partial charge in [0, 0.05) is 26.9 Å². The van der Waals surface area contributed by atoms with E-state index >= 15 is 0 Å². The number of rotatable bonds is 2. The molecule has 29 heavy (non-hydrogen) atoms. The molecule has 4 aromatic rings. The van der Waals surface area contributed by atoms with Crippen LogP contribution in [0.25, 0.3) is 38.2 Å². The summed E-state index contributed by atoms with van der Waals surface area (Å²) >= 11 is 0. The Morgan fingerprint density at radius 3 is 2.41 bits per heavy atom. The van der Waals surface area contributed by atoms with E-state index in [9.17, 15) is 4.57 Å². The molecule has 3 heteroatoms. The van der Waals surface area contributed by atoms with Gasteiger partial charge >= 0.3 is 0 Å². The largest absolute Gasteiger partial charge is 0.323 e. The smallest absolute Gasteiger partial charge is 0.0913 e. The molecular formula is C26H24NOP. The molecule has 2 nitrogen and oxygen atoms in total. The molecule has 0 radical (unpaired) electrons. The molecule has 0 amide bonds. The van der Waals surface area contributed by atoms with Gasteiger partial charge in [-0.25, -0.2) is 4.98 Å². The van der Waals surface area contributed by atoms with E-state index in [1.54, 1.807) is 0 Å². The fourth-order valence-electron chi connectivity index (χ4n) is 4.33. The summed E-state index contributed by atoms with van der Waals surface area (Å²) in [6.45, 7) is 5.92. The number of benzene rings is 3. The lowest BCUT2D eigenvalue weighted by Gasteiger charge is -2.33. The third kappa shape index (κ3) is 2.86. The number of hydrogen-bond acceptors (Lipinski definition) is 2. The molecular weight excluding hydrogens is 373 g/mol. The Morgan fingerprint density at radius 1 is 0.897 bits per heavy atom. The summed E-state index contributed by atoms with van der Waals surface area (Å²) in [5.74, 6) is 0. The van der Waals surface area contributed by atoms with Crippen LogP contribution in [0.2, 0.25) is 0 Å². The fraction of sp³-hybridized carbons (Fsp3) is 0.192. The van der Waals surface area contributed by atoms with E-state index in [-0.39, 0.29) is 5.16 Å². The Balaban J connectivity index is 1.93. The van der Waals surface area contributed by atoms with Gasteiger partial charge in [0.1, 0.15) is 0 Å². The Kier molecular flexibility index (Phi) is 4.05. The van der Waals surface area contributed by atoms with E-state index < -0.39 is 7.14 Å². The summed E-state index contributed by atoms with van der Waals surface area (Å²) in [5.41, 5.74) is 4.34. The number of allylic oxidation sites excluding steroid dienone is 4. The number of aromatic nitrogens is 1. The van der Waals surface area contributed by atoms with Crippen LogP contribution in [0.15, 0.2) is 78.9 Å². The average Bonchev–Trinajstić information content (AvgIpc) is 2.71. The third-order valence-electron chi connectivity index (χ3n) is 6.39. The van der Waals surface area contributed by atoms with E-state index in [0.29, 0.717) is 0 Å². The number of para-hydroxylation sites is 1. The zero-order chi connectivity index (χ0) is 20.2. The molecule has 0 saturated heterocycles. The summed E-state index contributed by atoms with van der Waals surface area (Å²) in [5, 5.41) is 4.31. The molecule has 0 bridgehead atoms. The van der Waals surface area contributed by atoms with Gasteiger partial charge in [0.05, 0.1) is 18.2 Å². The van der Waals surface area contributed by atoms with E-state index in [2.05, 4.69) is 79.7 Å². The number of pyridine rings is 1. The molecule has 1 aromatic heterocycles. The van der Waals surface area contributed by atoms with E-state index in [1.807, 2.05) is 19.4 Å². The summed E-state index contributed by atoms with van der Waals surface area (Å²) in [4.78, 5) is 5.04. The van der Waals surface area contributed by atoms with Crippen molar-refractivity contribution in [1.29, 1.82) is 0 Å². The maximum absolute atomic E-state index is 13.1. The molecule has 0 aliphatic heterocycles. The molecule has 1 aliphatic carbocycles. The van der Waals surface area contributed by atoms with Crippen molar-refractivity contribution in [2.24, 2.45) is 0 Å². The molecule has 3 aromatic carbocycles. The molecule has 1 unspecified atom stereocenters. The third-order valence-corrected chi connectivity index (χ3v) is 9.16. The zero-order valence-corrected chi connectivity index (χ0v) is 17.9. The Hall–Kier alpha value is -2.70. The molecule has 0 spiro atoms. The van der Waals surface area contributed by atoms with Crippen LogP contribution >= 0.6 is 7.14 Å². The van der Waals surface area contributed by atoms with Crippen LogP contribution in [0.3, 0.4) is 0 Å². The Bertz CT molecular complexity index is 1390. The molecule has 1 heterocycles. The van der Waals surface area contributed by atoms with Crippen LogP contribution in [-0.4, -0.2) is 23.5 Å². The molecule has 0 fully saturated rings. The summed E-state index contributed by atoms with van der Waals surface area (Å²) in [6, 6.07) is 21.1. The second-order valence-corrected chi connectivity index (χ2v) is 12.3. The number of fused-ring (bicyclic) bond motifs is 4. The van der Waals surface area contributed by atoms with Gasteiger partial charge in [-0.05, 0) is 43.7 Å².